The molecule has 0 unspecified atom stereocenters. The number of carbonyl (C=O) groups is 1. The zero-order valence-electron chi connectivity index (χ0n) is 14.6. The summed E-state index contributed by atoms with van der Waals surface area (Å²) in [5, 5.41) is 10.9. The number of pyridine rings is 1. The summed E-state index contributed by atoms with van der Waals surface area (Å²) in [6.07, 6.45) is -2.96. The zero-order valence-corrected chi connectivity index (χ0v) is 15.3. The Morgan fingerprint density at radius 3 is 2.54 bits per heavy atom. The zero-order chi connectivity index (χ0) is 20.1. The van der Waals surface area contributed by atoms with Gasteiger partial charge in [0.15, 0.2) is 5.69 Å². The molecule has 0 amide bonds. The number of hydrogen-bond donors (Lipinski definition) is 1. The predicted octanol–water partition coefficient (Wildman–Crippen LogP) is 6.07. The number of benzene rings is 2. The summed E-state index contributed by atoms with van der Waals surface area (Å²) in [6.45, 7) is 0. The molecule has 1 heterocycles. The van der Waals surface area contributed by atoms with Gasteiger partial charge in [0.05, 0.1) is 11.1 Å². The quantitative estimate of drug-likeness (QED) is 0.572. The normalized spacial score (nSPS) is 14.4. The number of carboxylic acids is 1. The van der Waals surface area contributed by atoms with Gasteiger partial charge in [-0.1, -0.05) is 29.8 Å². The molecule has 1 aliphatic carbocycles. The van der Waals surface area contributed by atoms with Crippen molar-refractivity contribution in [3.05, 3.63) is 75.4 Å². The monoisotopic (exact) mass is 405 g/mol. The van der Waals surface area contributed by atoms with E-state index in [-0.39, 0.29) is 23.6 Å². The topological polar surface area (TPSA) is 50.2 Å². The van der Waals surface area contributed by atoms with Crippen LogP contribution in [0.3, 0.4) is 0 Å². The van der Waals surface area contributed by atoms with Crippen LogP contribution in [0.15, 0.2) is 42.5 Å². The van der Waals surface area contributed by atoms with Crippen LogP contribution in [0.1, 0.15) is 51.5 Å². The smallest absolute Gasteiger partial charge is 0.416 e. The first kappa shape index (κ1) is 18.7. The minimum Gasteiger partial charge on any atom is -0.477 e. The van der Waals surface area contributed by atoms with Gasteiger partial charge >= 0.3 is 12.1 Å². The van der Waals surface area contributed by atoms with Crippen molar-refractivity contribution in [2.75, 3.05) is 0 Å². The van der Waals surface area contributed by atoms with Gasteiger partial charge in [-0.05, 0) is 59.7 Å². The second-order valence-electron chi connectivity index (χ2n) is 6.93. The molecule has 3 nitrogen and oxygen atoms in total. The van der Waals surface area contributed by atoms with Crippen molar-refractivity contribution in [1.29, 1.82) is 0 Å². The van der Waals surface area contributed by atoms with Gasteiger partial charge in [-0.2, -0.15) is 13.2 Å². The molecule has 0 spiro atoms. The maximum atomic E-state index is 13.4. The van der Waals surface area contributed by atoms with E-state index in [0.717, 1.165) is 24.5 Å². The maximum absolute atomic E-state index is 13.4. The van der Waals surface area contributed by atoms with Crippen LogP contribution in [0.25, 0.3) is 10.9 Å². The molecule has 3 aromatic rings. The lowest BCUT2D eigenvalue weighted by Crippen LogP contribution is -2.14. The van der Waals surface area contributed by atoms with Gasteiger partial charge in [0.2, 0.25) is 0 Å². The number of nitrogens with zero attached hydrogens (tertiary/aromatic N) is 1. The summed E-state index contributed by atoms with van der Waals surface area (Å²) in [5.41, 5.74) is 0.635. The van der Waals surface area contributed by atoms with E-state index in [4.69, 9.17) is 11.6 Å². The number of alkyl halides is 3. The lowest BCUT2D eigenvalue weighted by atomic mass is 9.90. The Bertz CT molecular complexity index is 1090. The second kappa shape index (κ2) is 6.78. The lowest BCUT2D eigenvalue weighted by Gasteiger charge is -2.18. The summed E-state index contributed by atoms with van der Waals surface area (Å²) in [6, 6.07) is 10.2. The summed E-state index contributed by atoms with van der Waals surface area (Å²) in [5.74, 6) is -1.15. The Kier molecular flexibility index (Phi) is 4.54. The summed E-state index contributed by atoms with van der Waals surface area (Å²) >= 11 is 6.12. The van der Waals surface area contributed by atoms with Crippen molar-refractivity contribution >= 4 is 28.5 Å². The molecule has 1 aromatic heterocycles. The van der Waals surface area contributed by atoms with Crippen LogP contribution in [-0.2, 0) is 12.6 Å². The van der Waals surface area contributed by atoms with Crippen LogP contribution in [0.4, 0.5) is 13.2 Å². The fourth-order valence-electron chi connectivity index (χ4n) is 3.64. The Morgan fingerprint density at radius 2 is 1.89 bits per heavy atom. The summed E-state index contributed by atoms with van der Waals surface area (Å²) < 4.78 is 40.3. The molecule has 1 saturated carbocycles. The van der Waals surface area contributed by atoms with Crippen molar-refractivity contribution < 1.29 is 23.1 Å². The highest BCUT2D eigenvalue weighted by Gasteiger charge is 2.35. The molecule has 28 heavy (non-hydrogen) atoms. The third-order valence-electron chi connectivity index (χ3n) is 4.97. The van der Waals surface area contributed by atoms with Crippen LogP contribution >= 0.6 is 11.6 Å². The number of halogens is 4. The van der Waals surface area contributed by atoms with E-state index in [1.807, 2.05) is 0 Å². The van der Waals surface area contributed by atoms with Crippen LogP contribution in [0.5, 0.6) is 0 Å². The third kappa shape index (κ3) is 3.44. The van der Waals surface area contributed by atoms with Crippen LogP contribution in [0, 0.1) is 0 Å². The van der Waals surface area contributed by atoms with Gasteiger partial charge in [0.25, 0.3) is 0 Å². The standard InChI is InChI=1S/C21H15ClF3NO2/c22-13-7-8-17-14(10-13)18(11-5-6-11)15(19(26-17)20(27)28)9-12-3-1-2-4-16(12)21(23,24)25/h1-4,7-8,10-11H,5-6,9H2,(H,27,28). The number of hydrogen-bond acceptors (Lipinski definition) is 2. The van der Waals surface area contributed by atoms with E-state index in [0.29, 0.717) is 21.5 Å². The van der Waals surface area contributed by atoms with Crippen molar-refractivity contribution in [1.82, 2.24) is 4.98 Å². The van der Waals surface area contributed by atoms with E-state index < -0.39 is 17.7 Å². The van der Waals surface area contributed by atoms with Crippen molar-refractivity contribution in [3.63, 3.8) is 0 Å². The average Bonchev–Trinajstić information content (AvgIpc) is 3.45. The van der Waals surface area contributed by atoms with Gasteiger partial charge < -0.3 is 5.11 Å². The molecule has 1 N–H and O–H groups in total. The fourth-order valence-corrected chi connectivity index (χ4v) is 3.81. The van der Waals surface area contributed by atoms with E-state index in [9.17, 15) is 23.1 Å². The van der Waals surface area contributed by atoms with Gasteiger partial charge in [-0.15, -0.1) is 0 Å². The maximum Gasteiger partial charge on any atom is 0.416 e. The third-order valence-corrected chi connectivity index (χ3v) is 5.21. The van der Waals surface area contributed by atoms with Crippen molar-refractivity contribution in [2.24, 2.45) is 0 Å². The van der Waals surface area contributed by atoms with Crippen molar-refractivity contribution in [3.8, 4) is 0 Å². The van der Waals surface area contributed by atoms with Gasteiger partial charge in [0, 0.05) is 16.8 Å². The Labute approximate surface area is 163 Å². The number of carboxylic acid groups (broad SMARTS) is 1. The summed E-state index contributed by atoms with van der Waals surface area (Å²) in [4.78, 5) is 16.1. The minimum absolute atomic E-state index is 0.0302. The van der Waals surface area contributed by atoms with E-state index >= 15 is 0 Å². The average molecular weight is 406 g/mol. The molecular formula is C21H15ClF3NO2. The van der Waals surface area contributed by atoms with E-state index in [1.165, 1.54) is 18.2 Å². The molecule has 0 radical (unpaired) electrons. The molecule has 7 heteroatoms. The fraction of sp³-hybridized carbons (Fsp3) is 0.238. The first-order chi connectivity index (χ1) is 13.3. The number of aromatic nitrogens is 1. The molecule has 144 valence electrons. The molecule has 0 aliphatic heterocycles. The Balaban J connectivity index is 1.98. The highest BCUT2D eigenvalue weighted by Crippen LogP contribution is 2.46. The number of rotatable bonds is 4. The summed E-state index contributed by atoms with van der Waals surface area (Å²) in [7, 11) is 0. The molecular weight excluding hydrogens is 391 g/mol. The first-order valence-corrected chi connectivity index (χ1v) is 9.14. The van der Waals surface area contributed by atoms with E-state index in [1.54, 1.807) is 18.2 Å². The van der Waals surface area contributed by atoms with Gasteiger partial charge in [0.1, 0.15) is 0 Å². The molecule has 1 aliphatic rings. The SMILES string of the molecule is O=C(O)c1nc2ccc(Cl)cc2c(C2CC2)c1Cc1ccccc1C(F)(F)F. The molecule has 4 rings (SSSR count). The largest absolute Gasteiger partial charge is 0.477 e. The van der Waals surface area contributed by atoms with Crippen molar-refractivity contribution in [2.45, 2.75) is 31.4 Å². The predicted molar refractivity (Wildman–Crippen MR) is 99.9 cm³/mol. The van der Waals surface area contributed by atoms with Crippen LogP contribution in [-0.4, -0.2) is 16.1 Å². The minimum atomic E-state index is -4.52. The molecule has 0 saturated heterocycles. The second-order valence-corrected chi connectivity index (χ2v) is 7.36. The molecule has 0 bridgehead atoms. The lowest BCUT2D eigenvalue weighted by molar-refractivity contribution is -0.138. The number of fused-ring (bicyclic) bond motifs is 1. The highest BCUT2D eigenvalue weighted by atomic mass is 35.5. The van der Waals surface area contributed by atoms with Gasteiger partial charge in [-0.3, -0.25) is 0 Å². The molecule has 0 atom stereocenters. The first-order valence-electron chi connectivity index (χ1n) is 8.76. The highest BCUT2D eigenvalue weighted by molar-refractivity contribution is 6.31. The van der Waals surface area contributed by atoms with E-state index in [2.05, 4.69) is 4.98 Å². The Morgan fingerprint density at radius 1 is 1.18 bits per heavy atom. The van der Waals surface area contributed by atoms with Crippen LogP contribution in [0.2, 0.25) is 5.02 Å². The van der Waals surface area contributed by atoms with Gasteiger partial charge in [-0.25, -0.2) is 9.78 Å². The van der Waals surface area contributed by atoms with Crippen LogP contribution < -0.4 is 0 Å². The number of aromatic carboxylic acids is 1. The molecule has 2 aromatic carbocycles. The molecule has 1 fully saturated rings. The Hall–Kier alpha value is -2.60.